The van der Waals surface area contributed by atoms with E-state index in [1.807, 2.05) is 17.5 Å². The van der Waals surface area contributed by atoms with Crippen molar-refractivity contribution in [2.24, 2.45) is 0 Å². The zero-order chi connectivity index (χ0) is 13.1. The van der Waals surface area contributed by atoms with E-state index in [0.717, 1.165) is 38.5 Å². The first-order chi connectivity index (χ1) is 9.31. The van der Waals surface area contributed by atoms with Gasteiger partial charge in [-0.1, -0.05) is 0 Å². The van der Waals surface area contributed by atoms with Crippen LogP contribution in [0.3, 0.4) is 0 Å². The van der Waals surface area contributed by atoms with E-state index in [4.69, 9.17) is 0 Å². The molecule has 0 N–H and O–H groups in total. The summed E-state index contributed by atoms with van der Waals surface area (Å²) in [5.74, 6) is 0.987. The standard InChI is InChI=1S/C13H15BrN4S/c14-12-2-1-11(19-12)10-17-5-7-18(8-6-17)13-9-15-3-4-16-13/h1-4,9H,5-8,10H2. The van der Waals surface area contributed by atoms with Gasteiger partial charge in [0, 0.05) is 50.0 Å². The second kappa shape index (κ2) is 5.98. The molecule has 1 aliphatic rings. The molecule has 0 amide bonds. The first-order valence-electron chi connectivity index (χ1n) is 6.29. The van der Waals surface area contributed by atoms with Crippen molar-refractivity contribution in [2.45, 2.75) is 6.54 Å². The fourth-order valence-corrected chi connectivity index (χ4v) is 3.77. The minimum Gasteiger partial charge on any atom is -0.353 e. The Morgan fingerprint density at radius 2 is 2.00 bits per heavy atom. The third-order valence-corrected chi connectivity index (χ3v) is 4.86. The smallest absolute Gasteiger partial charge is 0.147 e. The lowest BCUT2D eigenvalue weighted by atomic mass is 10.3. The lowest BCUT2D eigenvalue weighted by Crippen LogP contribution is -2.46. The lowest BCUT2D eigenvalue weighted by molar-refractivity contribution is 0.251. The zero-order valence-electron chi connectivity index (χ0n) is 10.5. The Morgan fingerprint density at radius 3 is 2.63 bits per heavy atom. The van der Waals surface area contributed by atoms with Crippen LogP contribution in [0.1, 0.15) is 4.88 Å². The summed E-state index contributed by atoms with van der Waals surface area (Å²) in [6.45, 7) is 5.24. The number of nitrogens with zero attached hydrogens (tertiary/aromatic N) is 4. The normalized spacial score (nSPS) is 16.8. The Morgan fingerprint density at radius 1 is 1.16 bits per heavy atom. The molecule has 0 spiro atoms. The number of hydrogen-bond acceptors (Lipinski definition) is 5. The van der Waals surface area contributed by atoms with E-state index < -0.39 is 0 Å². The molecule has 3 heterocycles. The Labute approximate surface area is 125 Å². The van der Waals surface area contributed by atoms with Crippen molar-refractivity contribution >= 4 is 33.1 Å². The first kappa shape index (κ1) is 13.0. The summed E-state index contributed by atoms with van der Waals surface area (Å²) >= 11 is 5.33. The molecule has 0 bridgehead atoms. The quantitative estimate of drug-likeness (QED) is 0.861. The van der Waals surface area contributed by atoms with E-state index in [1.54, 1.807) is 12.4 Å². The van der Waals surface area contributed by atoms with E-state index in [2.05, 4.69) is 47.8 Å². The third-order valence-electron chi connectivity index (χ3n) is 3.25. The van der Waals surface area contributed by atoms with Gasteiger partial charge in [0.2, 0.25) is 0 Å². The van der Waals surface area contributed by atoms with Crippen LogP contribution in [-0.4, -0.2) is 41.0 Å². The molecule has 0 radical (unpaired) electrons. The summed E-state index contributed by atoms with van der Waals surface area (Å²) in [5.41, 5.74) is 0. The summed E-state index contributed by atoms with van der Waals surface area (Å²) in [6.07, 6.45) is 5.31. The largest absolute Gasteiger partial charge is 0.353 e. The van der Waals surface area contributed by atoms with Crippen LogP contribution in [-0.2, 0) is 6.54 Å². The van der Waals surface area contributed by atoms with Crippen molar-refractivity contribution in [1.82, 2.24) is 14.9 Å². The summed E-state index contributed by atoms with van der Waals surface area (Å²) < 4.78 is 1.21. The molecule has 6 heteroatoms. The van der Waals surface area contributed by atoms with Crippen LogP contribution in [0.2, 0.25) is 0 Å². The van der Waals surface area contributed by atoms with Gasteiger partial charge < -0.3 is 4.90 Å². The molecule has 1 aliphatic heterocycles. The van der Waals surface area contributed by atoms with Gasteiger partial charge in [0.05, 0.1) is 9.98 Å². The maximum absolute atomic E-state index is 4.36. The zero-order valence-corrected chi connectivity index (χ0v) is 12.9. The number of thiophene rings is 1. The second-order valence-electron chi connectivity index (χ2n) is 4.53. The Balaban J connectivity index is 1.55. The second-order valence-corrected chi connectivity index (χ2v) is 7.08. The van der Waals surface area contributed by atoms with E-state index in [0.29, 0.717) is 0 Å². The average molecular weight is 339 g/mol. The fraction of sp³-hybridized carbons (Fsp3) is 0.385. The molecule has 100 valence electrons. The molecule has 3 rings (SSSR count). The Kier molecular flexibility index (Phi) is 4.10. The minimum atomic E-state index is 0.987. The highest BCUT2D eigenvalue weighted by Gasteiger charge is 2.18. The fourth-order valence-electron chi connectivity index (χ4n) is 2.25. The van der Waals surface area contributed by atoms with Gasteiger partial charge >= 0.3 is 0 Å². The van der Waals surface area contributed by atoms with Gasteiger partial charge in [-0.05, 0) is 28.1 Å². The first-order valence-corrected chi connectivity index (χ1v) is 7.90. The maximum Gasteiger partial charge on any atom is 0.147 e. The molecule has 1 saturated heterocycles. The molecule has 0 aromatic carbocycles. The number of hydrogen-bond donors (Lipinski definition) is 0. The Hall–Kier alpha value is -0.980. The molecule has 0 saturated carbocycles. The van der Waals surface area contributed by atoms with Gasteiger partial charge in [-0.25, -0.2) is 4.98 Å². The van der Waals surface area contributed by atoms with Crippen LogP contribution in [0, 0.1) is 0 Å². The SMILES string of the molecule is Brc1ccc(CN2CCN(c3cnccn3)CC2)s1. The topological polar surface area (TPSA) is 32.3 Å². The molecule has 2 aromatic rings. The van der Waals surface area contributed by atoms with Crippen molar-refractivity contribution in [1.29, 1.82) is 0 Å². The molecular formula is C13H15BrN4S. The van der Waals surface area contributed by atoms with E-state index >= 15 is 0 Å². The molecule has 4 nitrogen and oxygen atoms in total. The summed E-state index contributed by atoms with van der Waals surface area (Å²) in [4.78, 5) is 14.7. The number of aromatic nitrogens is 2. The van der Waals surface area contributed by atoms with Crippen molar-refractivity contribution in [2.75, 3.05) is 31.1 Å². The lowest BCUT2D eigenvalue weighted by Gasteiger charge is -2.34. The molecule has 19 heavy (non-hydrogen) atoms. The highest BCUT2D eigenvalue weighted by atomic mass is 79.9. The maximum atomic E-state index is 4.36. The molecule has 2 aromatic heterocycles. The van der Waals surface area contributed by atoms with Crippen molar-refractivity contribution in [3.8, 4) is 0 Å². The monoisotopic (exact) mass is 338 g/mol. The predicted molar refractivity (Wildman–Crippen MR) is 81.5 cm³/mol. The van der Waals surface area contributed by atoms with Crippen molar-refractivity contribution < 1.29 is 0 Å². The molecule has 0 unspecified atom stereocenters. The highest BCUT2D eigenvalue weighted by molar-refractivity contribution is 9.11. The predicted octanol–water partition coefficient (Wildman–Crippen LogP) is 2.62. The third kappa shape index (κ3) is 3.32. The number of piperazine rings is 1. The molecule has 1 fully saturated rings. The summed E-state index contributed by atoms with van der Waals surface area (Å²) in [7, 11) is 0. The van der Waals surface area contributed by atoms with Crippen LogP contribution in [0.25, 0.3) is 0 Å². The van der Waals surface area contributed by atoms with Crippen LogP contribution in [0.5, 0.6) is 0 Å². The average Bonchev–Trinajstić information content (AvgIpc) is 2.86. The van der Waals surface area contributed by atoms with Gasteiger partial charge in [0.15, 0.2) is 0 Å². The van der Waals surface area contributed by atoms with Crippen LogP contribution in [0.15, 0.2) is 34.5 Å². The highest BCUT2D eigenvalue weighted by Crippen LogP contribution is 2.23. The minimum absolute atomic E-state index is 0.987. The van der Waals surface area contributed by atoms with E-state index in [1.165, 1.54) is 8.66 Å². The van der Waals surface area contributed by atoms with Crippen LogP contribution >= 0.6 is 27.3 Å². The van der Waals surface area contributed by atoms with E-state index in [9.17, 15) is 0 Å². The van der Waals surface area contributed by atoms with Crippen LogP contribution < -0.4 is 4.90 Å². The van der Waals surface area contributed by atoms with Gasteiger partial charge in [-0.15, -0.1) is 11.3 Å². The van der Waals surface area contributed by atoms with Crippen molar-refractivity contribution in [3.05, 3.63) is 39.4 Å². The number of anilines is 1. The summed E-state index contributed by atoms with van der Waals surface area (Å²) in [6, 6.07) is 4.32. The number of rotatable bonds is 3. The molecule has 0 aliphatic carbocycles. The van der Waals surface area contributed by atoms with Gasteiger partial charge in [0.1, 0.15) is 5.82 Å². The summed E-state index contributed by atoms with van der Waals surface area (Å²) in [5, 5.41) is 0. The molecule has 0 atom stereocenters. The van der Waals surface area contributed by atoms with Gasteiger partial charge in [-0.2, -0.15) is 0 Å². The molecular weight excluding hydrogens is 324 g/mol. The van der Waals surface area contributed by atoms with Crippen LogP contribution in [0.4, 0.5) is 5.82 Å². The van der Waals surface area contributed by atoms with Gasteiger partial charge in [-0.3, -0.25) is 9.88 Å². The van der Waals surface area contributed by atoms with Crippen molar-refractivity contribution in [3.63, 3.8) is 0 Å². The van der Waals surface area contributed by atoms with Gasteiger partial charge in [0.25, 0.3) is 0 Å². The number of halogens is 1. The Bertz CT molecular complexity index is 522. The van der Waals surface area contributed by atoms with E-state index in [-0.39, 0.29) is 0 Å².